The molecule has 0 saturated heterocycles. The Morgan fingerprint density at radius 2 is 1.88 bits per heavy atom. The van der Waals surface area contributed by atoms with Gasteiger partial charge in [0.05, 0.1) is 19.9 Å². The molecule has 1 aromatic heterocycles. The topological polar surface area (TPSA) is 69.7 Å². The van der Waals surface area contributed by atoms with Crippen LogP contribution < -0.4 is 19.5 Å². The first-order chi connectivity index (χ1) is 12.7. The lowest BCUT2D eigenvalue weighted by molar-refractivity contribution is -0.118. The molecule has 0 bridgehead atoms. The Morgan fingerprint density at radius 3 is 2.62 bits per heavy atom. The molecule has 3 rings (SSSR count). The van der Waals surface area contributed by atoms with Gasteiger partial charge in [0.2, 0.25) is 0 Å². The van der Waals surface area contributed by atoms with E-state index in [1.54, 1.807) is 26.4 Å². The summed E-state index contributed by atoms with van der Waals surface area (Å²) in [6.07, 6.45) is 0. The lowest BCUT2D eigenvalue weighted by atomic mass is 10.1. The number of nitrogens with one attached hydrogen (secondary N) is 1. The highest BCUT2D eigenvalue weighted by Gasteiger charge is 2.13. The summed E-state index contributed by atoms with van der Waals surface area (Å²) in [5, 5.41) is 5.08. The predicted octanol–water partition coefficient (Wildman–Crippen LogP) is 3.84. The van der Waals surface area contributed by atoms with Crippen molar-refractivity contribution in [2.45, 2.75) is 0 Å². The second-order valence-corrected chi connectivity index (χ2v) is 6.11. The Balaban J connectivity index is 1.67. The molecule has 0 atom stereocenters. The van der Waals surface area contributed by atoms with Crippen molar-refractivity contribution >= 4 is 22.4 Å². The molecule has 7 heteroatoms. The zero-order valence-electron chi connectivity index (χ0n) is 14.4. The summed E-state index contributed by atoms with van der Waals surface area (Å²) >= 11 is 1.33. The molecular formula is C19H18N2O4S. The quantitative estimate of drug-likeness (QED) is 0.684. The highest BCUT2D eigenvalue weighted by atomic mass is 32.1. The molecule has 134 valence electrons. The van der Waals surface area contributed by atoms with Gasteiger partial charge in [-0.15, -0.1) is 11.3 Å². The maximum atomic E-state index is 12.0. The average Bonchev–Trinajstić information content (AvgIpc) is 3.15. The van der Waals surface area contributed by atoms with Gasteiger partial charge in [0.15, 0.2) is 11.7 Å². The minimum atomic E-state index is -0.271. The summed E-state index contributed by atoms with van der Waals surface area (Å²) in [6.45, 7) is -0.0819. The van der Waals surface area contributed by atoms with E-state index in [0.717, 1.165) is 5.56 Å². The van der Waals surface area contributed by atoms with Crippen LogP contribution in [0, 0.1) is 0 Å². The van der Waals surface area contributed by atoms with E-state index in [1.807, 2.05) is 41.8 Å². The van der Waals surface area contributed by atoms with Crippen LogP contribution in [0.3, 0.4) is 0 Å². The Labute approximate surface area is 155 Å². The van der Waals surface area contributed by atoms with Crippen molar-refractivity contribution in [3.8, 4) is 28.5 Å². The number of hydrogen-bond acceptors (Lipinski definition) is 6. The number of amides is 1. The van der Waals surface area contributed by atoms with Crippen molar-refractivity contribution in [3.63, 3.8) is 0 Å². The van der Waals surface area contributed by atoms with E-state index < -0.39 is 0 Å². The molecule has 3 aromatic rings. The SMILES string of the molecule is COc1ccc(OC)c(-c2csc(NC(=O)COc3ccccc3)n2)c1. The zero-order chi connectivity index (χ0) is 18.4. The van der Waals surface area contributed by atoms with Crippen LogP contribution in [0.25, 0.3) is 11.3 Å². The van der Waals surface area contributed by atoms with Gasteiger partial charge in [-0.1, -0.05) is 18.2 Å². The molecule has 1 heterocycles. The highest BCUT2D eigenvalue weighted by molar-refractivity contribution is 7.14. The molecular weight excluding hydrogens is 352 g/mol. The number of rotatable bonds is 7. The van der Waals surface area contributed by atoms with E-state index in [-0.39, 0.29) is 12.5 Å². The van der Waals surface area contributed by atoms with E-state index in [2.05, 4.69) is 10.3 Å². The van der Waals surface area contributed by atoms with Gasteiger partial charge in [0.1, 0.15) is 17.2 Å². The number of anilines is 1. The van der Waals surface area contributed by atoms with Crippen LogP contribution in [0.1, 0.15) is 0 Å². The van der Waals surface area contributed by atoms with E-state index in [1.165, 1.54) is 11.3 Å². The minimum Gasteiger partial charge on any atom is -0.497 e. The summed E-state index contributed by atoms with van der Waals surface area (Å²) in [5.74, 6) is 1.76. The van der Waals surface area contributed by atoms with Crippen LogP contribution in [0.15, 0.2) is 53.9 Å². The van der Waals surface area contributed by atoms with Crippen molar-refractivity contribution in [1.82, 2.24) is 4.98 Å². The molecule has 2 aromatic carbocycles. The van der Waals surface area contributed by atoms with E-state index in [4.69, 9.17) is 14.2 Å². The van der Waals surface area contributed by atoms with Crippen molar-refractivity contribution in [2.75, 3.05) is 26.1 Å². The molecule has 0 unspecified atom stereocenters. The maximum absolute atomic E-state index is 12.0. The summed E-state index contributed by atoms with van der Waals surface area (Å²) < 4.78 is 16.1. The normalized spacial score (nSPS) is 10.2. The smallest absolute Gasteiger partial charge is 0.264 e. The monoisotopic (exact) mass is 370 g/mol. The summed E-state index contributed by atoms with van der Waals surface area (Å²) in [4.78, 5) is 16.5. The summed E-state index contributed by atoms with van der Waals surface area (Å²) in [7, 11) is 3.20. The van der Waals surface area contributed by atoms with Crippen molar-refractivity contribution in [2.24, 2.45) is 0 Å². The number of carbonyl (C=O) groups is 1. The largest absolute Gasteiger partial charge is 0.497 e. The molecule has 6 nitrogen and oxygen atoms in total. The van der Waals surface area contributed by atoms with Crippen LogP contribution in [0.4, 0.5) is 5.13 Å². The minimum absolute atomic E-state index is 0.0819. The molecule has 0 spiro atoms. The molecule has 0 saturated carbocycles. The van der Waals surface area contributed by atoms with Gasteiger partial charge in [-0.3, -0.25) is 10.1 Å². The summed E-state index contributed by atoms with van der Waals surface area (Å²) in [5.41, 5.74) is 1.49. The number of carbonyl (C=O) groups excluding carboxylic acids is 1. The Bertz CT molecular complexity index is 880. The lowest BCUT2D eigenvalue weighted by Gasteiger charge is -2.08. The number of thiazole rings is 1. The summed E-state index contributed by atoms with van der Waals surface area (Å²) in [6, 6.07) is 14.7. The third-order valence-electron chi connectivity index (χ3n) is 3.55. The molecule has 1 amide bonds. The van der Waals surface area contributed by atoms with Gasteiger partial charge in [-0.25, -0.2) is 4.98 Å². The second kappa shape index (κ2) is 8.35. The van der Waals surface area contributed by atoms with Crippen molar-refractivity contribution in [3.05, 3.63) is 53.9 Å². The average molecular weight is 370 g/mol. The molecule has 0 radical (unpaired) electrons. The zero-order valence-corrected chi connectivity index (χ0v) is 15.2. The predicted molar refractivity (Wildman–Crippen MR) is 101 cm³/mol. The van der Waals surface area contributed by atoms with Gasteiger partial charge in [-0.2, -0.15) is 0 Å². The fraction of sp³-hybridized carbons (Fsp3) is 0.158. The molecule has 0 fully saturated rings. The van der Waals surface area contributed by atoms with Crippen molar-refractivity contribution in [1.29, 1.82) is 0 Å². The van der Waals surface area contributed by atoms with Crippen LogP contribution in [0.2, 0.25) is 0 Å². The van der Waals surface area contributed by atoms with Crippen LogP contribution >= 0.6 is 11.3 Å². The van der Waals surface area contributed by atoms with Gasteiger partial charge in [0.25, 0.3) is 5.91 Å². The molecule has 0 aliphatic carbocycles. The van der Waals surface area contributed by atoms with E-state index in [0.29, 0.717) is 28.1 Å². The van der Waals surface area contributed by atoms with Gasteiger partial charge in [-0.05, 0) is 30.3 Å². The maximum Gasteiger partial charge on any atom is 0.264 e. The number of aromatic nitrogens is 1. The Kier molecular flexibility index (Phi) is 5.70. The molecule has 0 aliphatic heterocycles. The first-order valence-electron chi connectivity index (χ1n) is 7.85. The molecule has 1 N–H and O–H groups in total. The third kappa shape index (κ3) is 4.31. The fourth-order valence-corrected chi connectivity index (χ4v) is 3.02. The highest BCUT2D eigenvalue weighted by Crippen LogP contribution is 2.34. The number of ether oxygens (including phenoxy) is 3. The van der Waals surface area contributed by atoms with Gasteiger partial charge < -0.3 is 14.2 Å². The lowest BCUT2D eigenvalue weighted by Crippen LogP contribution is -2.20. The van der Waals surface area contributed by atoms with Gasteiger partial charge in [0, 0.05) is 10.9 Å². The fourth-order valence-electron chi connectivity index (χ4n) is 2.29. The number of nitrogens with zero attached hydrogens (tertiary/aromatic N) is 1. The number of hydrogen-bond donors (Lipinski definition) is 1. The van der Waals surface area contributed by atoms with Crippen molar-refractivity contribution < 1.29 is 19.0 Å². The number of benzene rings is 2. The third-order valence-corrected chi connectivity index (χ3v) is 4.30. The number of methoxy groups -OCH3 is 2. The second-order valence-electron chi connectivity index (χ2n) is 5.25. The van der Waals surface area contributed by atoms with Crippen LogP contribution in [-0.4, -0.2) is 31.7 Å². The van der Waals surface area contributed by atoms with E-state index >= 15 is 0 Å². The molecule has 0 aliphatic rings. The van der Waals surface area contributed by atoms with Crippen LogP contribution in [-0.2, 0) is 4.79 Å². The first-order valence-corrected chi connectivity index (χ1v) is 8.73. The number of para-hydroxylation sites is 1. The molecule has 26 heavy (non-hydrogen) atoms. The first kappa shape index (κ1) is 17.8. The Hall–Kier alpha value is -3.06. The Morgan fingerprint density at radius 1 is 1.08 bits per heavy atom. The van der Waals surface area contributed by atoms with Crippen LogP contribution in [0.5, 0.6) is 17.2 Å². The van der Waals surface area contributed by atoms with E-state index in [9.17, 15) is 4.79 Å². The standard InChI is InChI=1S/C19H18N2O4S/c1-23-14-8-9-17(24-2)15(10-14)16-12-26-19(20-16)21-18(22)11-25-13-6-4-3-5-7-13/h3-10,12H,11H2,1-2H3,(H,20,21,22). The van der Waals surface area contributed by atoms with Gasteiger partial charge >= 0.3 is 0 Å².